The molecule has 2 saturated heterocycles. The molecule has 2 heterocycles. The van der Waals surface area contributed by atoms with E-state index in [0.29, 0.717) is 25.6 Å². The average molecular weight is 440 g/mol. The van der Waals surface area contributed by atoms with Crippen LogP contribution in [0.4, 0.5) is 13.2 Å². The Labute approximate surface area is 179 Å². The van der Waals surface area contributed by atoms with E-state index in [4.69, 9.17) is 4.74 Å². The van der Waals surface area contributed by atoms with Gasteiger partial charge in [-0.3, -0.25) is 19.3 Å². The predicted octanol–water partition coefficient (Wildman–Crippen LogP) is 3.00. The first-order valence-corrected chi connectivity index (χ1v) is 10.4. The van der Waals surface area contributed by atoms with E-state index in [9.17, 15) is 27.6 Å². The Bertz CT molecular complexity index is 849. The second-order valence-corrected chi connectivity index (χ2v) is 8.24. The first kappa shape index (κ1) is 23.2. The van der Waals surface area contributed by atoms with Crippen LogP contribution < -0.4 is 0 Å². The third-order valence-corrected chi connectivity index (χ3v) is 6.29. The lowest BCUT2D eigenvalue weighted by molar-refractivity contribution is -0.143. The second-order valence-electron chi connectivity index (χ2n) is 8.24. The van der Waals surface area contributed by atoms with E-state index >= 15 is 0 Å². The fraction of sp³-hybridized carbons (Fsp3) is 0.591. The van der Waals surface area contributed by atoms with Crippen LogP contribution in [-0.4, -0.2) is 60.9 Å². The number of piperidine rings is 1. The number of nitrogens with zero attached hydrogens (tertiary/aromatic N) is 2. The molecule has 3 amide bonds. The van der Waals surface area contributed by atoms with Crippen molar-refractivity contribution in [3.8, 4) is 0 Å². The molecule has 6 nitrogen and oxygen atoms in total. The van der Waals surface area contributed by atoms with Crippen LogP contribution in [0.5, 0.6) is 0 Å². The number of likely N-dealkylation sites (N-methyl/N-ethyl adjacent to an activating group) is 1. The van der Waals surface area contributed by atoms with Crippen LogP contribution in [0.1, 0.15) is 43.7 Å². The maximum atomic E-state index is 13.3. The van der Waals surface area contributed by atoms with Gasteiger partial charge >= 0.3 is 6.18 Å². The lowest BCUT2D eigenvalue weighted by Gasteiger charge is -2.35. The van der Waals surface area contributed by atoms with Gasteiger partial charge in [-0.1, -0.05) is 18.2 Å². The Hall–Kier alpha value is -2.42. The number of imide groups is 1. The average Bonchev–Trinajstić information content (AvgIpc) is 2.98. The molecule has 3 rings (SSSR count). The highest BCUT2D eigenvalue weighted by Crippen LogP contribution is 2.42. The lowest BCUT2D eigenvalue weighted by atomic mass is 9.75. The summed E-state index contributed by atoms with van der Waals surface area (Å²) in [5.41, 5.74) is -2.47. The van der Waals surface area contributed by atoms with Crippen molar-refractivity contribution in [3.63, 3.8) is 0 Å². The first-order valence-electron chi connectivity index (χ1n) is 10.4. The number of carbonyl (C=O) groups excluding carboxylic acids is 3. The van der Waals surface area contributed by atoms with E-state index in [2.05, 4.69) is 0 Å². The lowest BCUT2D eigenvalue weighted by Crippen LogP contribution is -2.45. The van der Waals surface area contributed by atoms with Crippen molar-refractivity contribution < 1.29 is 32.3 Å². The molecule has 0 radical (unpaired) electrons. The van der Waals surface area contributed by atoms with E-state index in [0.717, 1.165) is 29.9 Å². The molecule has 2 aliphatic heterocycles. The summed E-state index contributed by atoms with van der Waals surface area (Å²) >= 11 is 0. The number of hydrogen-bond donors (Lipinski definition) is 0. The molecule has 170 valence electrons. The molecule has 2 aliphatic rings. The number of methoxy groups -OCH3 is 1. The van der Waals surface area contributed by atoms with Gasteiger partial charge in [0.25, 0.3) is 0 Å². The molecule has 1 atom stereocenters. The van der Waals surface area contributed by atoms with E-state index in [1.807, 2.05) is 0 Å². The van der Waals surface area contributed by atoms with E-state index in [1.54, 1.807) is 18.9 Å². The van der Waals surface area contributed by atoms with Crippen LogP contribution in [-0.2, 0) is 30.7 Å². The Morgan fingerprint density at radius 1 is 1.23 bits per heavy atom. The second kappa shape index (κ2) is 8.98. The summed E-state index contributed by atoms with van der Waals surface area (Å²) < 4.78 is 45.1. The van der Waals surface area contributed by atoms with Crippen molar-refractivity contribution in [2.45, 2.75) is 44.2 Å². The number of alkyl halides is 3. The van der Waals surface area contributed by atoms with Crippen molar-refractivity contribution in [3.05, 3.63) is 35.4 Å². The molecular weight excluding hydrogens is 413 g/mol. The topological polar surface area (TPSA) is 66.9 Å². The predicted molar refractivity (Wildman–Crippen MR) is 106 cm³/mol. The van der Waals surface area contributed by atoms with Gasteiger partial charge in [-0.2, -0.15) is 13.2 Å². The molecule has 0 saturated carbocycles. The molecule has 0 bridgehead atoms. The minimum absolute atomic E-state index is 0.0549. The number of carbonyl (C=O) groups is 3. The van der Waals surface area contributed by atoms with Gasteiger partial charge in [-0.25, -0.2) is 0 Å². The molecule has 0 aliphatic carbocycles. The van der Waals surface area contributed by atoms with Gasteiger partial charge in [-0.15, -0.1) is 0 Å². The van der Waals surface area contributed by atoms with Crippen LogP contribution in [0.2, 0.25) is 0 Å². The third kappa shape index (κ3) is 4.61. The molecular formula is C22H27F3N2O4. The van der Waals surface area contributed by atoms with Gasteiger partial charge in [0.2, 0.25) is 17.7 Å². The number of rotatable bonds is 6. The third-order valence-electron chi connectivity index (χ3n) is 6.29. The normalized spacial score (nSPS) is 23.0. The van der Waals surface area contributed by atoms with Crippen molar-refractivity contribution in [1.29, 1.82) is 0 Å². The Balaban J connectivity index is 1.91. The molecule has 0 N–H and O–H groups in total. The van der Waals surface area contributed by atoms with Crippen molar-refractivity contribution in [1.82, 2.24) is 9.80 Å². The van der Waals surface area contributed by atoms with E-state index < -0.39 is 29.0 Å². The van der Waals surface area contributed by atoms with Crippen molar-refractivity contribution in [2.75, 3.05) is 33.4 Å². The molecule has 9 heteroatoms. The first-order chi connectivity index (χ1) is 14.6. The number of amides is 3. The quantitative estimate of drug-likeness (QED) is 0.638. The minimum Gasteiger partial charge on any atom is -0.384 e. The number of hydrogen-bond acceptors (Lipinski definition) is 4. The smallest absolute Gasteiger partial charge is 0.384 e. The van der Waals surface area contributed by atoms with Gasteiger partial charge < -0.3 is 9.64 Å². The summed E-state index contributed by atoms with van der Waals surface area (Å²) in [5, 5.41) is 0. The summed E-state index contributed by atoms with van der Waals surface area (Å²) in [7, 11) is 1.62. The Kier molecular flexibility index (Phi) is 6.73. The van der Waals surface area contributed by atoms with Crippen LogP contribution in [0, 0.1) is 5.92 Å². The van der Waals surface area contributed by atoms with E-state index in [1.165, 1.54) is 12.1 Å². The SMILES string of the molecule is CCN1C(=O)CC(CC(=O)N2CCC(COC)CC2)(c2cccc(C(F)(F)F)c2)C1=O. The summed E-state index contributed by atoms with van der Waals surface area (Å²) in [6.45, 7) is 3.32. The number of likely N-dealkylation sites (tertiary alicyclic amines) is 2. The van der Waals surface area contributed by atoms with Crippen LogP contribution in [0.25, 0.3) is 0 Å². The monoisotopic (exact) mass is 440 g/mol. The van der Waals surface area contributed by atoms with E-state index in [-0.39, 0.29) is 30.9 Å². The van der Waals surface area contributed by atoms with Crippen molar-refractivity contribution >= 4 is 17.7 Å². The number of ether oxygens (including phenoxy) is 1. The van der Waals surface area contributed by atoms with Gasteiger partial charge in [0.1, 0.15) is 0 Å². The fourth-order valence-corrected chi connectivity index (χ4v) is 4.53. The van der Waals surface area contributed by atoms with Gasteiger partial charge in [0, 0.05) is 46.2 Å². The minimum atomic E-state index is -4.60. The standard InChI is InChI=1S/C22H27F3N2O4/c1-3-27-19(29)13-21(20(27)30,16-5-4-6-17(11-16)22(23,24)25)12-18(28)26-9-7-15(8-10-26)14-31-2/h4-6,11,15H,3,7-10,12-14H2,1-2H3. The molecule has 2 fully saturated rings. The summed E-state index contributed by atoms with van der Waals surface area (Å²) in [6, 6.07) is 4.42. The molecule has 0 spiro atoms. The molecule has 1 aromatic rings. The number of halogens is 3. The van der Waals surface area contributed by atoms with Crippen LogP contribution >= 0.6 is 0 Å². The molecule has 31 heavy (non-hydrogen) atoms. The van der Waals surface area contributed by atoms with Gasteiger partial charge in [-0.05, 0) is 37.3 Å². The largest absolute Gasteiger partial charge is 0.416 e. The summed E-state index contributed by atoms with van der Waals surface area (Å²) in [6.07, 6.45) is -3.73. The van der Waals surface area contributed by atoms with Gasteiger partial charge in [0.15, 0.2) is 0 Å². The van der Waals surface area contributed by atoms with Crippen LogP contribution in [0.3, 0.4) is 0 Å². The fourth-order valence-electron chi connectivity index (χ4n) is 4.53. The van der Waals surface area contributed by atoms with Gasteiger partial charge in [0.05, 0.1) is 11.0 Å². The molecule has 0 aromatic heterocycles. The maximum Gasteiger partial charge on any atom is 0.416 e. The zero-order valence-electron chi connectivity index (χ0n) is 17.7. The molecule has 1 aromatic carbocycles. The molecule has 1 unspecified atom stereocenters. The maximum absolute atomic E-state index is 13.3. The number of benzene rings is 1. The summed E-state index contributed by atoms with van der Waals surface area (Å²) in [5.74, 6) is -1.07. The highest BCUT2D eigenvalue weighted by atomic mass is 19.4. The zero-order valence-corrected chi connectivity index (χ0v) is 17.7. The highest BCUT2D eigenvalue weighted by molar-refractivity contribution is 6.10. The highest BCUT2D eigenvalue weighted by Gasteiger charge is 2.54. The summed E-state index contributed by atoms with van der Waals surface area (Å²) in [4.78, 5) is 41.5. The zero-order chi connectivity index (χ0) is 22.8. The van der Waals surface area contributed by atoms with Crippen molar-refractivity contribution in [2.24, 2.45) is 5.92 Å². The Morgan fingerprint density at radius 2 is 1.90 bits per heavy atom. The van der Waals surface area contributed by atoms with Crippen LogP contribution in [0.15, 0.2) is 24.3 Å². The Morgan fingerprint density at radius 3 is 2.45 bits per heavy atom.